The average Bonchev–Trinajstić information content (AvgIpc) is 3.06. The number of nitrogens with one attached hydrogen (secondary N) is 1. The van der Waals surface area contributed by atoms with Crippen molar-refractivity contribution in [2.24, 2.45) is 0 Å². The van der Waals surface area contributed by atoms with Crippen molar-refractivity contribution in [3.05, 3.63) is 41.1 Å². The minimum Gasteiger partial charge on any atom is -0.472 e. The highest BCUT2D eigenvalue weighted by molar-refractivity contribution is 5.93. The molecule has 3 heterocycles. The number of hydrogen-bond donors (Lipinski definition) is 1. The molecule has 0 spiro atoms. The number of rotatable bonds is 3. The third kappa shape index (κ3) is 2.34. The molecule has 6 nitrogen and oxygen atoms in total. The summed E-state index contributed by atoms with van der Waals surface area (Å²) in [5.41, 5.74) is 3.84. The second kappa shape index (κ2) is 5.13. The van der Waals surface area contributed by atoms with Crippen LogP contribution in [0.15, 0.2) is 23.0 Å². The van der Waals surface area contributed by atoms with Crippen LogP contribution >= 0.6 is 0 Å². The number of carbonyl (C=O) groups is 1. The van der Waals surface area contributed by atoms with E-state index in [1.54, 1.807) is 31.5 Å². The van der Waals surface area contributed by atoms with Crippen molar-refractivity contribution >= 4 is 5.91 Å². The molecule has 0 fully saturated rings. The molecule has 0 atom stereocenters. The van der Waals surface area contributed by atoms with Crippen LogP contribution in [0.2, 0.25) is 0 Å². The average molecular weight is 274 g/mol. The minimum absolute atomic E-state index is 0.0363. The molecule has 0 aromatic carbocycles. The van der Waals surface area contributed by atoms with Gasteiger partial charge in [0.2, 0.25) is 0 Å². The number of fused-ring (bicyclic) bond motifs is 1. The quantitative estimate of drug-likeness (QED) is 0.915. The second-order valence-corrected chi connectivity index (χ2v) is 5.32. The molecule has 2 aromatic rings. The maximum atomic E-state index is 12.0. The van der Waals surface area contributed by atoms with Crippen LogP contribution < -0.4 is 0 Å². The lowest BCUT2D eigenvalue weighted by Gasteiger charge is -2.26. The van der Waals surface area contributed by atoms with Crippen LogP contribution in [0.25, 0.3) is 0 Å². The van der Waals surface area contributed by atoms with Gasteiger partial charge in [-0.25, -0.2) is 0 Å². The van der Waals surface area contributed by atoms with E-state index in [1.165, 1.54) is 0 Å². The highest BCUT2D eigenvalue weighted by Gasteiger charge is 2.25. The summed E-state index contributed by atoms with van der Waals surface area (Å²) in [7, 11) is 3.49. The van der Waals surface area contributed by atoms with Gasteiger partial charge in [0.1, 0.15) is 0 Å². The zero-order valence-corrected chi connectivity index (χ0v) is 11.7. The summed E-state index contributed by atoms with van der Waals surface area (Å²) in [6.45, 7) is 2.56. The highest BCUT2D eigenvalue weighted by Crippen LogP contribution is 2.22. The molecule has 0 saturated heterocycles. The Morgan fingerprint density at radius 3 is 3.10 bits per heavy atom. The summed E-state index contributed by atoms with van der Waals surface area (Å²) in [6.07, 6.45) is 4.30. The Kier molecular flexibility index (Phi) is 3.31. The Balaban J connectivity index is 1.75. The van der Waals surface area contributed by atoms with Crippen LogP contribution in [-0.4, -0.2) is 46.5 Å². The van der Waals surface area contributed by atoms with E-state index in [-0.39, 0.29) is 5.91 Å². The molecule has 6 heteroatoms. The van der Waals surface area contributed by atoms with Crippen molar-refractivity contribution in [1.29, 1.82) is 0 Å². The van der Waals surface area contributed by atoms with Gasteiger partial charge in [-0.2, -0.15) is 5.10 Å². The summed E-state index contributed by atoms with van der Waals surface area (Å²) in [5, 5.41) is 7.20. The SMILES string of the molecule is CN(C)C(=O)c1n[nH]c2c1CCN(Cc1ccoc1)C2. The summed E-state index contributed by atoms with van der Waals surface area (Å²) in [4.78, 5) is 15.9. The standard InChI is InChI=1S/C14H18N4O2/c1-17(2)14(19)13-11-3-5-18(8-12(11)15-16-13)7-10-4-6-20-9-10/h4,6,9H,3,5,7-8H2,1-2H3,(H,15,16). The van der Waals surface area contributed by atoms with Crippen LogP contribution in [0, 0.1) is 0 Å². The topological polar surface area (TPSA) is 65.4 Å². The fourth-order valence-electron chi connectivity index (χ4n) is 2.54. The molecule has 0 saturated carbocycles. The molecular formula is C14H18N4O2. The number of furan rings is 1. The number of H-pyrrole nitrogens is 1. The summed E-state index contributed by atoms with van der Waals surface area (Å²) < 4.78 is 5.09. The lowest BCUT2D eigenvalue weighted by atomic mass is 10.0. The van der Waals surface area contributed by atoms with E-state index >= 15 is 0 Å². The van der Waals surface area contributed by atoms with Gasteiger partial charge in [-0.05, 0) is 12.5 Å². The van der Waals surface area contributed by atoms with Crippen LogP contribution in [0.5, 0.6) is 0 Å². The third-order valence-corrected chi connectivity index (χ3v) is 3.61. The molecule has 1 aliphatic rings. The fourth-order valence-corrected chi connectivity index (χ4v) is 2.54. The van der Waals surface area contributed by atoms with Gasteiger partial charge in [0, 0.05) is 44.9 Å². The van der Waals surface area contributed by atoms with E-state index in [0.29, 0.717) is 5.69 Å². The minimum atomic E-state index is -0.0363. The van der Waals surface area contributed by atoms with Crippen molar-refractivity contribution in [3.8, 4) is 0 Å². The van der Waals surface area contributed by atoms with Gasteiger partial charge >= 0.3 is 0 Å². The van der Waals surface area contributed by atoms with Crippen molar-refractivity contribution in [1.82, 2.24) is 20.0 Å². The zero-order chi connectivity index (χ0) is 14.1. The first kappa shape index (κ1) is 12.9. The van der Waals surface area contributed by atoms with Crippen LogP contribution in [0.3, 0.4) is 0 Å². The molecule has 3 rings (SSSR count). The summed E-state index contributed by atoms with van der Waals surface area (Å²) in [6, 6.07) is 1.98. The Morgan fingerprint density at radius 2 is 2.40 bits per heavy atom. The van der Waals surface area contributed by atoms with Gasteiger partial charge in [0.05, 0.1) is 18.2 Å². The Labute approximate surface area is 117 Å². The van der Waals surface area contributed by atoms with Crippen molar-refractivity contribution in [2.45, 2.75) is 19.5 Å². The van der Waals surface area contributed by atoms with Crippen LogP contribution in [0.4, 0.5) is 0 Å². The Bertz CT molecular complexity index is 601. The lowest BCUT2D eigenvalue weighted by Crippen LogP contribution is -2.31. The van der Waals surface area contributed by atoms with Crippen molar-refractivity contribution in [2.75, 3.05) is 20.6 Å². The van der Waals surface area contributed by atoms with E-state index < -0.39 is 0 Å². The molecule has 0 aliphatic carbocycles. The Morgan fingerprint density at radius 1 is 1.55 bits per heavy atom. The zero-order valence-electron chi connectivity index (χ0n) is 11.7. The normalized spacial score (nSPS) is 15.1. The molecule has 1 N–H and O–H groups in total. The highest BCUT2D eigenvalue weighted by atomic mass is 16.3. The van der Waals surface area contributed by atoms with Gasteiger partial charge < -0.3 is 9.32 Å². The maximum Gasteiger partial charge on any atom is 0.274 e. The van der Waals surface area contributed by atoms with E-state index in [4.69, 9.17) is 4.42 Å². The van der Waals surface area contributed by atoms with Gasteiger partial charge in [-0.1, -0.05) is 0 Å². The molecule has 0 bridgehead atoms. The first-order valence-corrected chi connectivity index (χ1v) is 6.66. The number of amides is 1. The maximum absolute atomic E-state index is 12.0. The van der Waals surface area contributed by atoms with Crippen LogP contribution in [0.1, 0.15) is 27.3 Å². The molecule has 106 valence electrons. The van der Waals surface area contributed by atoms with E-state index in [2.05, 4.69) is 15.1 Å². The monoisotopic (exact) mass is 274 g/mol. The van der Waals surface area contributed by atoms with Crippen LogP contribution in [-0.2, 0) is 19.5 Å². The van der Waals surface area contributed by atoms with E-state index in [1.807, 2.05) is 6.07 Å². The second-order valence-electron chi connectivity index (χ2n) is 5.32. The molecule has 1 amide bonds. The number of aromatic nitrogens is 2. The molecule has 20 heavy (non-hydrogen) atoms. The molecule has 1 aliphatic heterocycles. The first-order valence-electron chi connectivity index (χ1n) is 6.66. The van der Waals surface area contributed by atoms with Gasteiger partial charge in [0.15, 0.2) is 5.69 Å². The summed E-state index contributed by atoms with van der Waals surface area (Å²) in [5.74, 6) is -0.0363. The number of aromatic amines is 1. The Hall–Kier alpha value is -2.08. The predicted molar refractivity (Wildman–Crippen MR) is 73.1 cm³/mol. The summed E-state index contributed by atoms with van der Waals surface area (Å²) >= 11 is 0. The number of carbonyl (C=O) groups excluding carboxylic acids is 1. The number of nitrogens with zero attached hydrogens (tertiary/aromatic N) is 3. The lowest BCUT2D eigenvalue weighted by molar-refractivity contribution is 0.0820. The predicted octanol–water partition coefficient (Wildman–Crippen LogP) is 1.26. The van der Waals surface area contributed by atoms with E-state index in [9.17, 15) is 4.79 Å². The van der Waals surface area contributed by atoms with E-state index in [0.717, 1.165) is 42.9 Å². The van der Waals surface area contributed by atoms with Gasteiger partial charge in [-0.15, -0.1) is 0 Å². The largest absolute Gasteiger partial charge is 0.472 e. The molecule has 0 radical (unpaired) electrons. The third-order valence-electron chi connectivity index (χ3n) is 3.61. The molecular weight excluding hydrogens is 256 g/mol. The smallest absolute Gasteiger partial charge is 0.274 e. The van der Waals surface area contributed by atoms with Gasteiger partial charge in [0.25, 0.3) is 5.91 Å². The first-order chi connectivity index (χ1) is 9.65. The molecule has 2 aromatic heterocycles. The molecule has 0 unspecified atom stereocenters. The van der Waals surface area contributed by atoms with Crippen molar-refractivity contribution < 1.29 is 9.21 Å². The van der Waals surface area contributed by atoms with Crippen molar-refractivity contribution in [3.63, 3.8) is 0 Å². The fraction of sp³-hybridized carbons (Fsp3) is 0.429. The number of hydrogen-bond acceptors (Lipinski definition) is 4. The van der Waals surface area contributed by atoms with Gasteiger partial charge in [-0.3, -0.25) is 14.8 Å².